The molecule has 0 aliphatic rings. The average molecular weight is 415 g/mol. The number of hydrogen-bond donors (Lipinski definition) is 3. The Labute approximate surface area is 176 Å². The first-order valence-electron chi connectivity index (χ1n) is 9.86. The van der Waals surface area contributed by atoms with Crippen molar-refractivity contribution in [3.8, 4) is 0 Å². The molecule has 2 rings (SSSR count). The number of anilines is 1. The van der Waals surface area contributed by atoms with Gasteiger partial charge in [0.15, 0.2) is 6.10 Å². The van der Waals surface area contributed by atoms with Crippen LogP contribution in [-0.2, 0) is 16.1 Å². The summed E-state index contributed by atoms with van der Waals surface area (Å²) in [7, 11) is 0. The lowest BCUT2D eigenvalue weighted by Crippen LogP contribution is -2.39. The molecule has 1 atom stereocenters. The molecular formula is C21H29N5O4. The highest BCUT2D eigenvalue weighted by Gasteiger charge is 2.20. The number of esters is 1. The van der Waals surface area contributed by atoms with E-state index in [0.29, 0.717) is 17.9 Å². The van der Waals surface area contributed by atoms with Crippen molar-refractivity contribution in [1.29, 1.82) is 0 Å². The quantitative estimate of drug-likeness (QED) is 0.574. The maximum atomic E-state index is 12.4. The first-order chi connectivity index (χ1) is 14.2. The second-order valence-electron chi connectivity index (χ2n) is 7.47. The van der Waals surface area contributed by atoms with E-state index in [4.69, 9.17) is 4.74 Å². The van der Waals surface area contributed by atoms with E-state index in [2.05, 4.69) is 21.0 Å². The summed E-state index contributed by atoms with van der Waals surface area (Å²) in [5.74, 6) is -0.508. The lowest BCUT2D eigenvalue weighted by Gasteiger charge is -2.16. The Morgan fingerprint density at radius 3 is 2.30 bits per heavy atom. The van der Waals surface area contributed by atoms with Crippen LogP contribution in [0.25, 0.3) is 0 Å². The highest BCUT2D eigenvalue weighted by molar-refractivity contribution is 5.96. The summed E-state index contributed by atoms with van der Waals surface area (Å²) in [6.45, 7) is 9.48. The second-order valence-corrected chi connectivity index (χ2v) is 7.47. The monoisotopic (exact) mass is 415 g/mol. The van der Waals surface area contributed by atoms with Crippen LogP contribution in [0.15, 0.2) is 36.5 Å². The van der Waals surface area contributed by atoms with Crippen molar-refractivity contribution in [2.24, 2.45) is 0 Å². The van der Waals surface area contributed by atoms with E-state index in [1.165, 1.54) is 6.92 Å². The van der Waals surface area contributed by atoms with Gasteiger partial charge in [-0.3, -0.25) is 4.79 Å². The SMILES string of the molecule is CC(C)NC(=O)NCc1ccc(C(=O)O[C@@H](C)C(=O)Nc2ccnn2C(C)C)cc1. The zero-order chi connectivity index (χ0) is 22.3. The molecule has 9 heteroatoms. The van der Waals surface area contributed by atoms with Crippen LogP contribution in [0.5, 0.6) is 0 Å². The molecule has 0 saturated heterocycles. The van der Waals surface area contributed by atoms with E-state index >= 15 is 0 Å². The number of carbonyl (C=O) groups excluding carboxylic acids is 3. The fourth-order valence-corrected chi connectivity index (χ4v) is 2.59. The molecule has 1 aromatic heterocycles. The van der Waals surface area contributed by atoms with Gasteiger partial charge in [-0.25, -0.2) is 14.3 Å². The number of aromatic nitrogens is 2. The van der Waals surface area contributed by atoms with Gasteiger partial charge in [0.1, 0.15) is 5.82 Å². The number of ether oxygens (including phenoxy) is 1. The van der Waals surface area contributed by atoms with Crippen LogP contribution in [0.4, 0.5) is 10.6 Å². The Balaban J connectivity index is 1.88. The minimum absolute atomic E-state index is 0.0484. The van der Waals surface area contributed by atoms with Crippen LogP contribution in [-0.4, -0.2) is 39.8 Å². The molecule has 1 heterocycles. The van der Waals surface area contributed by atoms with Crippen molar-refractivity contribution in [3.05, 3.63) is 47.7 Å². The summed E-state index contributed by atoms with van der Waals surface area (Å²) in [6, 6.07) is 8.19. The Morgan fingerprint density at radius 1 is 1.03 bits per heavy atom. The number of amides is 3. The summed E-state index contributed by atoms with van der Waals surface area (Å²) < 4.78 is 6.94. The van der Waals surface area contributed by atoms with Gasteiger partial charge >= 0.3 is 12.0 Å². The van der Waals surface area contributed by atoms with Crippen LogP contribution in [0, 0.1) is 0 Å². The van der Waals surface area contributed by atoms with Gasteiger partial charge in [0.05, 0.1) is 11.8 Å². The number of carbonyl (C=O) groups is 3. The van der Waals surface area contributed by atoms with Gasteiger partial charge < -0.3 is 20.7 Å². The molecule has 0 aliphatic heterocycles. The van der Waals surface area contributed by atoms with E-state index in [0.717, 1.165) is 5.56 Å². The van der Waals surface area contributed by atoms with Crippen LogP contribution in [0.3, 0.4) is 0 Å². The molecule has 9 nitrogen and oxygen atoms in total. The standard InChI is InChI=1S/C21H29N5O4/c1-13(2)24-21(29)22-12-16-6-8-17(9-7-16)20(28)30-15(5)19(27)25-18-10-11-23-26(18)14(3)4/h6-11,13-15H,12H2,1-5H3,(H,25,27)(H2,22,24,29)/t15-/m0/s1. The summed E-state index contributed by atoms with van der Waals surface area (Å²) >= 11 is 0. The molecule has 0 aliphatic carbocycles. The Bertz CT molecular complexity index is 874. The number of rotatable bonds is 8. The van der Waals surface area contributed by atoms with Crippen molar-refractivity contribution in [2.45, 2.75) is 59.4 Å². The van der Waals surface area contributed by atoms with E-state index in [1.807, 2.05) is 27.7 Å². The molecular weight excluding hydrogens is 386 g/mol. The topological polar surface area (TPSA) is 114 Å². The number of hydrogen-bond acceptors (Lipinski definition) is 5. The third-order valence-corrected chi connectivity index (χ3v) is 4.13. The molecule has 0 fully saturated rings. The first kappa shape index (κ1) is 22.9. The van der Waals surface area contributed by atoms with Gasteiger partial charge in [-0.05, 0) is 52.3 Å². The Morgan fingerprint density at radius 2 is 1.70 bits per heavy atom. The molecule has 0 saturated carbocycles. The number of benzene rings is 1. The fraction of sp³-hybridized carbons (Fsp3) is 0.429. The van der Waals surface area contributed by atoms with E-state index < -0.39 is 18.0 Å². The minimum Gasteiger partial charge on any atom is -0.449 e. The highest BCUT2D eigenvalue weighted by Crippen LogP contribution is 2.14. The number of urea groups is 1. The molecule has 162 valence electrons. The van der Waals surface area contributed by atoms with E-state index in [9.17, 15) is 14.4 Å². The van der Waals surface area contributed by atoms with Gasteiger partial charge in [-0.2, -0.15) is 5.10 Å². The molecule has 3 N–H and O–H groups in total. The number of nitrogens with one attached hydrogen (secondary N) is 3. The van der Waals surface area contributed by atoms with Crippen LogP contribution < -0.4 is 16.0 Å². The summed E-state index contributed by atoms with van der Waals surface area (Å²) in [4.78, 5) is 36.3. The molecule has 0 unspecified atom stereocenters. The van der Waals surface area contributed by atoms with Gasteiger partial charge in [-0.1, -0.05) is 12.1 Å². The van der Waals surface area contributed by atoms with Gasteiger partial charge in [0.25, 0.3) is 5.91 Å². The third kappa shape index (κ3) is 6.61. The Kier molecular flexibility index (Phi) is 7.97. The fourth-order valence-electron chi connectivity index (χ4n) is 2.59. The predicted octanol–water partition coefficient (Wildman–Crippen LogP) is 2.86. The lowest BCUT2D eigenvalue weighted by molar-refractivity contribution is -0.123. The van der Waals surface area contributed by atoms with Crippen LogP contribution >= 0.6 is 0 Å². The molecule has 1 aromatic carbocycles. The maximum absolute atomic E-state index is 12.4. The number of nitrogens with zero attached hydrogens (tertiary/aromatic N) is 2. The molecule has 3 amide bonds. The largest absolute Gasteiger partial charge is 0.449 e. The van der Waals surface area contributed by atoms with Crippen LogP contribution in [0.1, 0.15) is 56.6 Å². The summed E-state index contributed by atoms with van der Waals surface area (Å²) in [5.41, 5.74) is 1.15. The van der Waals surface area contributed by atoms with E-state index in [1.54, 1.807) is 41.2 Å². The third-order valence-electron chi connectivity index (χ3n) is 4.13. The van der Waals surface area contributed by atoms with Crippen molar-refractivity contribution < 1.29 is 19.1 Å². The normalized spacial score (nSPS) is 11.8. The smallest absolute Gasteiger partial charge is 0.338 e. The van der Waals surface area contributed by atoms with Crippen LogP contribution in [0.2, 0.25) is 0 Å². The van der Waals surface area contributed by atoms with E-state index in [-0.39, 0.29) is 18.1 Å². The molecule has 2 aromatic rings. The molecule has 0 spiro atoms. The van der Waals surface area contributed by atoms with Crippen molar-refractivity contribution in [1.82, 2.24) is 20.4 Å². The average Bonchev–Trinajstić information content (AvgIpc) is 3.14. The lowest BCUT2D eigenvalue weighted by atomic mass is 10.1. The minimum atomic E-state index is -0.978. The molecule has 0 bridgehead atoms. The Hall–Kier alpha value is -3.36. The van der Waals surface area contributed by atoms with Gasteiger partial charge in [-0.15, -0.1) is 0 Å². The van der Waals surface area contributed by atoms with Gasteiger partial charge in [0.2, 0.25) is 0 Å². The van der Waals surface area contributed by atoms with Crippen molar-refractivity contribution in [3.63, 3.8) is 0 Å². The maximum Gasteiger partial charge on any atom is 0.338 e. The molecule has 0 radical (unpaired) electrons. The predicted molar refractivity (Wildman–Crippen MR) is 113 cm³/mol. The highest BCUT2D eigenvalue weighted by atomic mass is 16.5. The van der Waals surface area contributed by atoms with Gasteiger partial charge in [0, 0.05) is 24.7 Å². The van der Waals surface area contributed by atoms with Crippen molar-refractivity contribution in [2.75, 3.05) is 5.32 Å². The summed E-state index contributed by atoms with van der Waals surface area (Å²) in [5, 5.41) is 12.3. The zero-order valence-electron chi connectivity index (χ0n) is 17.9. The van der Waals surface area contributed by atoms with Crippen molar-refractivity contribution >= 4 is 23.7 Å². The second kappa shape index (κ2) is 10.4. The summed E-state index contributed by atoms with van der Waals surface area (Å²) in [6.07, 6.45) is 0.615. The molecule has 30 heavy (non-hydrogen) atoms. The first-order valence-corrected chi connectivity index (χ1v) is 9.86. The zero-order valence-corrected chi connectivity index (χ0v) is 17.9.